The van der Waals surface area contributed by atoms with Crippen LogP contribution in [0.1, 0.15) is 37.4 Å². The summed E-state index contributed by atoms with van der Waals surface area (Å²) < 4.78 is 44.4. The van der Waals surface area contributed by atoms with E-state index in [0.29, 0.717) is 25.5 Å². The summed E-state index contributed by atoms with van der Waals surface area (Å²) in [6.07, 6.45) is 5.30. The van der Waals surface area contributed by atoms with Gasteiger partial charge >= 0.3 is 6.18 Å². The van der Waals surface area contributed by atoms with Gasteiger partial charge in [0.05, 0.1) is 37.3 Å². The first kappa shape index (κ1) is 20.5. The van der Waals surface area contributed by atoms with E-state index in [-0.39, 0.29) is 11.9 Å². The van der Waals surface area contributed by atoms with E-state index in [1.165, 1.54) is 19.0 Å². The van der Waals surface area contributed by atoms with E-state index in [1.54, 1.807) is 6.20 Å². The molecule has 2 saturated heterocycles. The molecular formula is C17H24F3N7O. The van der Waals surface area contributed by atoms with Crippen molar-refractivity contribution in [2.45, 2.75) is 43.9 Å². The van der Waals surface area contributed by atoms with Crippen molar-refractivity contribution >= 4 is 5.82 Å². The molecule has 2 aromatic heterocycles. The Labute approximate surface area is 160 Å². The second-order valence-corrected chi connectivity index (χ2v) is 6.71. The molecule has 0 spiro atoms. The Hall–Kier alpha value is -2.27. The van der Waals surface area contributed by atoms with Crippen LogP contribution < -0.4 is 10.6 Å². The van der Waals surface area contributed by atoms with E-state index in [9.17, 15) is 13.2 Å². The molecule has 28 heavy (non-hydrogen) atoms. The maximum Gasteiger partial charge on any atom is 0.434 e. The average Bonchev–Trinajstić information content (AvgIpc) is 3.25. The summed E-state index contributed by atoms with van der Waals surface area (Å²) in [5.41, 5.74) is -0.987. The van der Waals surface area contributed by atoms with Crippen molar-refractivity contribution in [2.24, 2.45) is 0 Å². The lowest BCUT2D eigenvalue weighted by atomic mass is 10.1. The number of aromatic nitrogens is 5. The molecule has 2 N–H and O–H groups in total. The largest absolute Gasteiger partial charge is 0.434 e. The van der Waals surface area contributed by atoms with Crippen molar-refractivity contribution in [3.05, 3.63) is 30.5 Å². The summed E-state index contributed by atoms with van der Waals surface area (Å²) in [5, 5.41) is 14.0. The smallest absolute Gasteiger partial charge is 0.379 e. The molecule has 4 heterocycles. The monoisotopic (exact) mass is 399 g/mol. The van der Waals surface area contributed by atoms with E-state index in [0.717, 1.165) is 25.9 Å². The van der Waals surface area contributed by atoms with Crippen LogP contribution in [0, 0.1) is 0 Å². The molecule has 4 rings (SSSR count). The van der Waals surface area contributed by atoms with Crippen LogP contribution in [0.15, 0.2) is 24.8 Å². The van der Waals surface area contributed by atoms with Crippen molar-refractivity contribution in [1.82, 2.24) is 30.3 Å². The number of rotatable bonds is 3. The summed E-state index contributed by atoms with van der Waals surface area (Å²) in [6.45, 7) is 3.39. The van der Waals surface area contributed by atoms with Gasteiger partial charge in [-0.2, -0.15) is 13.2 Å². The third-order valence-electron chi connectivity index (χ3n) is 4.56. The Balaban J connectivity index is 0.000000176. The number of hydrogen-bond acceptors (Lipinski definition) is 7. The van der Waals surface area contributed by atoms with Crippen LogP contribution in [0.2, 0.25) is 0 Å². The van der Waals surface area contributed by atoms with Crippen molar-refractivity contribution in [2.75, 3.05) is 31.6 Å². The molecule has 1 unspecified atom stereocenters. The first-order valence-corrected chi connectivity index (χ1v) is 9.32. The molecule has 2 aliphatic rings. The molecule has 0 bridgehead atoms. The van der Waals surface area contributed by atoms with Gasteiger partial charge in [0.25, 0.3) is 0 Å². The third kappa shape index (κ3) is 6.13. The van der Waals surface area contributed by atoms with Crippen LogP contribution in [0.3, 0.4) is 0 Å². The molecule has 11 heteroatoms. The Morgan fingerprint density at radius 1 is 1.18 bits per heavy atom. The predicted molar refractivity (Wildman–Crippen MR) is 95.7 cm³/mol. The average molecular weight is 399 g/mol. The van der Waals surface area contributed by atoms with Gasteiger partial charge in [-0.25, -0.2) is 9.67 Å². The van der Waals surface area contributed by atoms with E-state index in [1.807, 2.05) is 10.9 Å². The van der Waals surface area contributed by atoms with Gasteiger partial charge in [-0.1, -0.05) is 5.21 Å². The SMILES string of the molecule is FC(F)(F)c1cncc(NC2CCCOC2)n1.c1cn(C2CCNCC2)nn1. The van der Waals surface area contributed by atoms with Gasteiger partial charge in [0.2, 0.25) is 0 Å². The summed E-state index contributed by atoms with van der Waals surface area (Å²) in [6, 6.07) is 0.570. The van der Waals surface area contributed by atoms with Gasteiger partial charge in [-0.3, -0.25) is 4.98 Å². The third-order valence-corrected chi connectivity index (χ3v) is 4.56. The van der Waals surface area contributed by atoms with Crippen LogP contribution >= 0.6 is 0 Å². The van der Waals surface area contributed by atoms with Crippen molar-refractivity contribution < 1.29 is 17.9 Å². The van der Waals surface area contributed by atoms with Crippen LogP contribution in [-0.2, 0) is 10.9 Å². The van der Waals surface area contributed by atoms with Crippen molar-refractivity contribution in [1.29, 1.82) is 0 Å². The van der Waals surface area contributed by atoms with E-state index < -0.39 is 11.9 Å². The normalized spacial score (nSPS) is 20.9. The summed E-state index contributed by atoms with van der Waals surface area (Å²) in [7, 11) is 0. The lowest BCUT2D eigenvalue weighted by molar-refractivity contribution is -0.141. The van der Waals surface area contributed by atoms with Crippen molar-refractivity contribution in [3.8, 4) is 0 Å². The quantitative estimate of drug-likeness (QED) is 0.818. The zero-order valence-electron chi connectivity index (χ0n) is 15.4. The van der Waals surface area contributed by atoms with Crippen LogP contribution in [0.4, 0.5) is 19.0 Å². The van der Waals surface area contributed by atoms with Gasteiger partial charge in [-0.05, 0) is 38.8 Å². The molecule has 0 aromatic carbocycles. The van der Waals surface area contributed by atoms with Gasteiger partial charge in [0.15, 0.2) is 5.69 Å². The summed E-state index contributed by atoms with van der Waals surface area (Å²) >= 11 is 0. The lowest BCUT2D eigenvalue weighted by Crippen LogP contribution is -2.30. The van der Waals surface area contributed by atoms with Crippen LogP contribution in [0.25, 0.3) is 0 Å². The standard InChI is InChI=1S/C10H12F3N3O.C7H12N4/c11-10(12,13)8-4-14-5-9(16-8)15-7-2-1-3-17-6-7;1-3-8-4-2-7(1)11-6-5-9-10-11/h4-5,7H,1-3,6H2,(H,15,16);5-8H,1-4H2. The molecule has 0 saturated carbocycles. The van der Waals surface area contributed by atoms with Crippen molar-refractivity contribution in [3.63, 3.8) is 0 Å². The van der Waals surface area contributed by atoms with Gasteiger partial charge in [0, 0.05) is 12.8 Å². The minimum atomic E-state index is -4.46. The second-order valence-electron chi connectivity index (χ2n) is 6.71. The predicted octanol–water partition coefficient (Wildman–Crippen LogP) is 2.29. The fourth-order valence-corrected chi connectivity index (χ4v) is 3.12. The molecule has 1 atom stereocenters. The number of nitrogens with zero attached hydrogens (tertiary/aromatic N) is 5. The highest BCUT2D eigenvalue weighted by Crippen LogP contribution is 2.27. The minimum absolute atomic E-state index is 0.00142. The van der Waals surface area contributed by atoms with Crippen LogP contribution in [0.5, 0.6) is 0 Å². The molecule has 154 valence electrons. The Bertz CT molecular complexity index is 699. The Morgan fingerprint density at radius 2 is 2.00 bits per heavy atom. The Morgan fingerprint density at radius 3 is 2.64 bits per heavy atom. The number of piperidine rings is 1. The summed E-state index contributed by atoms with van der Waals surface area (Å²) in [5.74, 6) is 0.135. The highest BCUT2D eigenvalue weighted by Gasteiger charge is 2.33. The van der Waals surface area contributed by atoms with E-state index in [2.05, 4.69) is 30.9 Å². The summed E-state index contributed by atoms with van der Waals surface area (Å²) in [4.78, 5) is 7.01. The molecule has 0 aliphatic carbocycles. The van der Waals surface area contributed by atoms with Gasteiger partial charge in [0.1, 0.15) is 5.82 Å². The molecule has 8 nitrogen and oxygen atoms in total. The Kier molecular flexibility index (Phi) is 7.15. The van der Waals surface area contributed by atoms with E-state index in [4.69, 9.17) is 4.74 Å². The number of hydrogen-bond donors (Lipinski definition) is 2. The highest BCUT2D eigenvalue weighted by atomic mass is 19.4. The van der Waals surface area contributed by atoms with Gasteiger partial charge < -0.3 is 15.4 Å². The van der Waals surface area contributed by atoms with Gasteiger partial charge in [-0.15, -0.1) is 5.10 Å². The van der Waals surface area contributed by atoms with E-state index >= 15 is 0 Å². The minimum Gasteiger partial charge on any atom is -0.379 e. The zero-order chi connectivity index (χ0) is 19.8. The maximum atomic E-state index is 12.4. The second kappa shape index (κ2) is 9.78. The fourth-order valence-electron chi connectivity index (χ4n) is 3.12. The molecule has 0 amide bonds. The first-order chi connectivity index (χ1) is 13.5. The number of anilines is 1. The number of nitrogens with one attached hydrogen (secondary N) is 2. The molecule has 0 radical (unpaired) electrons. The highest BCUT2D eigenvalue weighted by molar-refractivity contribution is 5.33. The maximum absolute atomic E-state index is 12.4. The lowest BCUT2D eigenvalue weighted by Gasteiger charge is -2.23. The number of alkyl halides is 3. The topological polar surface area (TPSA) is 89.8 Å². The number of halogens is 3. The van der Waals surface area contributed by atoms with Crippen LogP contribution in [-0.4, -0.2) is 57.3 Å². The fraction of sp³-hybridized carbons (Fsp3) is 0.647. The molecule has 2 fully saturated rings. The first-order valence-electron chi connectivity index (χ1n) is 9.32. The molecular weight excluding hydrogens is 375 g/mol. The molecule has 2 aromatic rings. The molecule has 2 aliphatic heterocycles. The number of ether oxygens (including phenoxy) is 1. The zero-order valence-corrected chi connectivity index (χ0v) is 15.4.